The van der Waals surface area contributed by atoms with Gasteiger partial charge in [-0.1, -0.05) is 54.1 Å². The van der Waals surface area contributed by atoms with Gasteiger partial charge in [0.25, 0.3) is 0 Å². The van der Waals surface area contributed by atoms with Crippen LogP contribution in [0.5, 0.6) is 0 Å². The summed E-state index contributed by atoms with van der Waals surface area (Å²) in [5, 5.41) is 0.603. The number of allylic oxidation sites excluding steroid dienone is 1. The molecule has 32 heavy (non-hydrogen) atoms. The molecule has 7 heteroatoms. The minimum atomic E-state index is -0.490. The molecule has 5 nitrogen and oxygen atoms in total. The normalized spacial score (nSPS) is 19.7. The third-order valence-electron chi connectivity index (χ3n) is 6.13. The summed E-state index contributed by atoms with van der Waals surface area (Å²) in [6.45, 7) is 1.12. The van der Waals surface area contributed by atoms with Crippen molar-refractivity contribution in [2.24, 2.45) is 0 Å². The van der Waals surface area contributed by atoms with Gasteiger partial charge in [-0.15, -0.1) is 11.8 Å². The Balaban J connectivity index is 1.30. The standard InChI is InChI=1S/C25H20ClNO4S/c26-19-8-4-1-5-16(19)9-10-20(28)27-13-11-25(12-14-27)15-32-24-22(30)21(29)17-6-2-3-7-18(17)23(24)31-25/h1-10H,11-15H2/b10-9+. The molecular formula is C25H20ClNO4S. The Bertz CT molecular complexity index is 1190. The quantitative estimate of drug-likeness (QED) is 0.478. The van der Waals surface area contributed by atoms with E-state index >= 15 is 0 Å². The third kappa shape index (κ3) is 3.67. The number of Topliss-reactive ketones (excluding diaryl/α,β-unsaturated/α-hetero) is 2. The first-order chi connectivity index (χ1) is 15.5. The van der Waals surface area contributed by atoms with Crippen LogP contribution in [0.15, 0.2) is 59.5 Å². The fourth-order valence-corrected chi connectivity index (χ4v) is 5.73. The summed E-state index contributed by atoms with van der Waals surface area (Å²) < 4.78 is 6.45. The molecule has 2 heterocycles. The highest BCUT2D eigenvalue weighted by molar-refractivity contribution is 8.04. The molecule has 162 valence electrons. The second-order valence-electron chi connectivity index (χ2n) is 8.12. The summed E-state index contributed by atoms with van der Waals surface area (Å²) >= 11 is 7.56. The van der Waals surface area contributed by atoms with Crippen molar-refractivity contribution in [1.82, 2.24) is 4.90 Å². The number of likely N-dealkylation sites (tertiary alicyclic amines) is 1. The zero-order valence-electron chi connectivity index (χ0n) is 17.2. The van der Waals surface area contributed by atoms with Crippen LogP contribution in [0.2, 0.25) is 5.02 Å². The van der Waals surface area contributed by atoms with E-state index in [-0.39, 0.29) is 5.91 Å². The SMILES string of the molecule is O=C1C(=O)c2ccccc2C2=C1SCC1(CCN(C(=O)/C=C/c3ccccc3Cl)CC1)O2. The highest BCUT2D eigenvalue weighted by Gasteiger charge is 2.46. The van der Waals surface area contributed by atoms with E-state index in [4.69, 9.17) is 16.3 Å². The van der Waals surface area contributed by atoms with Gasteiger partial charge in [0.05, 0.1) is 0 Å². The van der Waals surface area contributed by atoms with E-state index in [1.807, 2.05) is 30.3 Å². The van der Waals surface area contributed by atoms with Gasteiger partial charge in [0.1, 0.15) is 16.3 Å². The van der Waals surface area contributed by atoms with Gasteiger partial charge in [-0.25, -0.2) is 0 Å². The topological polar surface area (TPSA) is 63.7 Å². The Morgan fingerprint density at radius 2 is 1.69 bits per heavy atom. The van der Waals surface area contributed by atoms with Crippen LogP contribution in [0.4, 0.5) is 0 Å². The van der Waals surface area contributed by atoms with Gasteiger partial charge in [0, 0.05) is 53.9 Å². The van der Waals surface area contributed by atoms with Gasteiger partial charge in [-0.2, -0.15) is 0 Å². The Morgan fingerprint density at radius 3 is 2.44 bits per heavy atom. The Labute approximate surface area is 195 Å². The number of benzene rings is 2. The molecule has 1 amide bonds. The van der Waals surface area contributed by atoms with E-state index in [9.17, 15) is 14.4 Å². The lowest BCUT2D eigenvalue weighted by atomic mass is 9.90. The number of halogens is 1. The van der Waals surface area contributed by atoms with Crippen LogP contribution in [-0.4, -0.2) is 46.8 Å². The van der Waals surface area contributed by atoms with E-state index in [1.165, 1.54) is 11.8 Å². The van der Waals surface area contributed by atoms with E-state index in [1.54, 1.807) is 35.3 Å². The lowest BCUT2D eigenvalue weighted by Gasteiger charge is -2.45. The number of ether oxygens (including phenoxy) is 1. The number of nitrogens with zero attached hydrogens (tertiary/aromatic N) is 1. The fraction of sp³-hybridized carbons (Fsp3) is 0.240. The molecule has 1 fully saturated rings. The minimum absolute atomic E-state index is 0.0630. The number of carbonyl (C=O) groups is 3. The number of piperidine rings is 1. The lowest BCUT2D eigenvalue weighted by molar-refractivity contribution is -0.129. The van der Waals surface area contributed by atoms with Crippen molar-refractivity contribution in [2.75, 3.05) is 18.8 Å². The van der Waals surface area contributed by atoms with Crippen molar-refractivity contribution in [1.29, 1.82) is 0 Å². The summed E-state index contributed by atoms with van der Waals surface area (Å²) in [4.78, 5) is 39.9. The number of hydrogen-bond acceptors (Lipinski definition) is 5. The molecule has 5 rings (SSSR count). The first-order valence-electron chi connectivity index (χ1n) is 10.4. The molecule has 0 radical (unpaired) electrons. The second kappa shape index (κ2) is 8.26. The van der Waals surface area contributed by atoms with Gasteiger partial charge < -0.3 is 9.64 Å². The van der Waals surface area contributed by atoms with Gasteiger partial charge in [-0.3, -0.25) is 14.4 Å². The summed E-state index contributed by atoms with van der Waals surface area (Å²) in [5.74, 6) is 0.0737. The van der Waals surface area contributed by atoms with Gasteiger partial charge in [0.2, 0.25) is 17.5 Å². The van der Waals surface area contributed by atoms with Crippen molar-refractivity contribution in [3.63, 3.8) is 0 Å². The van der Waals surface area contributed by atoms with Crippen LogP contribution in [-0.2, 0) is 14.3 Å². The number of rotatable bonds is 2. The molecule has 2 aromatic rings. The summed E-state index contributed by atoms with van der Waals surface area (Å²) in [6.07, 6.45) is 4.61. The molecule has 2 aromatic carbocycles. The molecule has 3 aliphatic rings. The number of carbonyl (C=O) groups excluding carboxylic acids is 3. The van der Waals surface area contributed by atoms with Crippen molar-refractivity contribution >= 4 is 52.7 Å². The molecule has 0 aromatic heterocycles. The maximum atomic E-state index is 12.7. The predicted molar refractivity (Wildman–Crippen MR) is 125 cm³/mol. The zero-order chi connectivity index (χ0) is 22.3. The first-order valence-corrected chi connectivity index (χ1v) is 11.8. The van der Waals surface area contributed by atoms with Crippen LogP contribution in [0.1, 0.15) is 34.3 Å². The third-order valence-corrected chi connectivity index (χ3v) is 7.80. The molecule has 2 aliphatic heterocycles. The number of hydrogen-bond donors (Lipinski definition) is 0. The monoisotopic (exact) mass is 465 g/mol. The van der Waals surface area contributed by atoms with Crippen LogP contribution in [0, 0.1) is 0 Å². The zero-order valence-corrected chi connectivity index (χ0v) is 18.7. The fourth-order valence-electron chi connectivity index (χ4n) is 4.27. The molecule has 1 saturated heterocycles. The highest BCUT2D eigenvalue weighted by atomic mass is 35.5. The smallest absolute Gasteiger partial charge is 0.246 e. The Hall–Kier alpha value is -2.83. The van der Waals surface area contributed by atoms with E-state index in [0.29, 0.717) is 58.5 Å². The molecule has 0 unspecified atom stereocenters. The molecule has 0 saturated carbocycles. The predicted octanol–water partition coefficient (Wildman–Crippen LogP) is 4.61. The summed E-state index contributed by atoms with van der Waals surface area (Å²) in [6, 6.07) is 14.5. The van der Waals surface area contributed by atoms with Crippen LogP contribution in [0.3, 0.4) is 0 Å². The van der Waals surface area contributed by atoms with Crippen molar-refractivity contribution in [3.05, 3.63) is 81.2 Å². The van der Waals surface area contributed by atoms with Gasteiger partial charge in [0.15, 0.2) is 0 Å². The van der Waals surface area contributed by atoms with Gasteiger partial charge >= 0.3 is 0 Å². The summed E-state index contributed by atoms with van der Waals surface area (Å²) in [7, 11) is 0. The number of fused-ring (bicyclic) bond motifs is 2. The maximum Gasteiger partial charge on any atom is 0.246 e. The second-order valence-corrected chi connectivity index (χ2v) is 9.51. The molecule has 0 bridgehead atoms. The minimum Gasteiger partial charge on any atom is -0.484 e. The molecule has 0 N–H and O–H groups in total. The van der Waals surface area contributed by atoms with Crippen molar-refractivity contribution < 1.29 is 19.1 Å². The van der Waals surface area contributed by atoms with Gasteiger partial charge in [-0.05, 0) is 17.7 Å². The average Bonchev–Trinajstić information content (AvgIpc) is 2.82. The van der Waals surface area contributed by atoms with E-state index < -0.39 is 17.2 Å². The van der Waals surface area contributed by atoms with E-state index in [0.717, 1.165) is 5.56 Å². The molecule has 0 atom stereocenters. The first kappa shape index (κ1) is 21.0. The largest absolute Gasteiger partial charge is 0.484 e. The number of thioether (sulfide) groups is 1. The lowest BCUT2D eigenvalue weighted by Crippen LogP contribution is -2.50. The molecule has 1 aliphatic carbocycles. The Morgan fingerprint density at radius 1 is 1.00 bits per heavy atom. The summed E-state index contributed by atoms with van der Waals surface area (Å²) in [5.41, 5.74) is 1.42. The number of ketones is 2. The highest BCUT2D eigenvalue weighted by Crippen LogP contribution is 2.47. The average molecular weight is 466 g/mol. The number of amides is 1. The van der Waals surface area contributed by atoms with Crippen LogP contribution < -0.4 is 0 Å². The molecular weight excluding hydrogens is 446 g/mol. The maximum absolute atomic E-state index is 12.7. The molecule has 1 spiro atoms. The van der Waals surface area contributed by atoms with E-state index in [2.05, 4.69) is 0 Å². The van der Waals surface area contributed by atoms with Crippen LogP contribution in [0.25, 0.3) is 11.8 Å². The van der Waals surface area contributed by atoms with Crippen molar-refractivity contribution in [2.45, 2.75) is 18.4 Å². The van der Waals surface area contributed by atoms with Crippen molar-refractivity contribution in [3.8, 4) is 0 Å². The Kier molecular flexibility index (Phi) is 5.43. The van der Waals surface area contributed by atoms with Crippen LogP contribution >= 0.6 is 23.4 Å².